The van der Waals surface area contributed by atoms with Gasteiger partial charge in [-0.3, -0.25) is 0 Å². The van der Waals surface area contributed by atoms with Crippen LogP contribution < -0.4 is 5.32 Å². The highest BCUT2D eigenvalue weighted by atomic mass is 35.5. The Kier molecular flexibility index (Phi) is 5.97. The average Bonchev–Trinajstić information content (AvgIpc) is 2.38. The monoisotopic (exact) mass is 266 g/mol. The second-order valence-electron chi connectivity index (χ2n) is 4.33. The SMILES string of the molecule is CCC(CC)C(O)CNc1ccc(C#N)cc1Cl. The molecule has 4 heteroatoms. The maximum Gasteiger partial charge on any atom is 0.0992 e. The molecule has 0 fully saturated rings. The minimum Gasteiger partial charge on any atom is -0.391 e. The van der Waals surface area contributed by atoms with Crippen molar-refractivity contribution in [1.82, 2.24) is 0 Å². The van der Waals surface area contributed by atoms with Gasteiger partial charge in [-0.1, -0.05) is 38.3 Å². The number of rotatable bonds is 6. The predicted molar refractivity (Wildman–Crippen MR) is 74.7 cm³/mol. The smallest absolute Gasteiger partial charge is 0.0992 e. The summed E-state index contributed by atoms with van der Waals surface area (Å²) >= 11 is 6.04. The lowest BCUT2D eigenvalue weighted by Gasteiger charge is -2.21. The highest BCUT2D eigenvalue weighted by Crippen LogP contribution is 2.23. The lowest BCUT2D eigenvalue weighted by atomic mass is 9.96. The molecule has 0 aromatic heterocycles. The van der Waals surface area contributed by atoms with Crippen LogP contribution >= 0.6 is 11.6 Å². The molecule has 18 heavy (non-hydrogen) atoms. The molecule has 1 aromatic carbocycles. The van der Waals surface area contributed by atoms with Gasteiger partial charge in [0.2, 0.25) is 0 Å². The van der Waals surface area contributed by atoms with Crippen LogP contribution in [0, 0.1) is 17.2 Å². The van der Waals surface area contributed by atoms with Crippen molar-refractivity contribution in [3.63, 3.8) is 0 Å². The molecule has 0 bridgehead atoms. The van der Waals surface area contributed by atoms with E-state index in [2.05, 4.69) is 19.2 Å². The zero-order valence-electron chi connectivity index (χ0n) is 10.8. The first-order valence-corrected chi connectivity index (χ1v) is 6.61. The molecule has 0 amide bonds. The normalized spacial score (nSPS) is 12.2. The van der Waals surface area contributed by atoms with E-state index < -0.39 is 0 Å². The first-order chi connectivity index (χ1) is 8.62. The molecule has 0 heterocycles. The number of aliphatic hydroxyl groups excluding tert-OH is 1. The quantitative estimate of drug-likeness (QED) is 0.829. The number of halogens is 1. The van der Waals surface area contributed by atoms with Crippen molar-refractivity contribution in [2.24, 2.45) is 5.92 Å². The van der Waals surface area contributed by atoms with Gasteiger partial charge >= 0.3 is 0 Å². The van der Waals surface area contributed by atoms with E-state index in [1.54, 1.807) is 18.2 Å². The summed E-state index contributed by atoms with van der Waals surface area (Å²) < 4.78 is 0. The van der Waals surface area contributed by atoms with E-state index in [-0.39, 0.29) is 6.10 Å². The second-order valence-corrected chi connectivity index (χ2v) is 4.74. The maximum atomic E-state index is 10.0. The summed E-state index contributed by atoms with van der Waals surface area (Å²) in [4.78, 5) is 0. The van der Waals surface area contributed by atoms with Crippen LogP contribution in [0.5, 0.6) is 0 Å². The van der Waals surface area contributed by atoms with Crippen LogP contribution in [0.1, 0.15) is 32.3 Å². The molecule has 0 aliphatic rings. The van der Waals surface area contributed by atoms with Crippen molar-refractivity contribution in [2.45, 2.75) is 32.8 Å². The molecule has 1 unspecified atom stereocenters. The molecule has 2 N–H and O–H groups in total. The number of nitrogens with zero attached hydrogens (tertiary/aromatic N) is 1. The fourth-order valence-electron chi connectivity index (χ4n) is 1.94. The van der Waals surface area contributed by atoms with Gasteiger partial charge in [0.1, 0.15) is 0 Å². The zero-order valence-corrected chi connectivity index (χ0v) is 11.5. The molecule has 98 valence electrons. The van der Waals surface area contributed by atoms with Crippen molar-refractivity contribution in [3.05, 3.63) is 28.8 Å². The van der Waals surface area contributed by atoms with Gasteiger partial charge in [-0.05, 0) is 24.1 Å². The van der Waals surface area contributed by atoms with Crippen LogP contribution in [0.3, 0.4) is 0 Å². The molecule has 0 saturated heterocycles. The fraction of sp³-hybridized carbons (Fsp3) is 0.500. The number of hydrogen-bond donors (Lipinski definition) is 2. The van der Waals surface area contributed by atoms with Crippen molar-refractivity contribution in [2.75, 3.05) is 11.9 Å². The van der Waals surface area contributed by atoms with E-state index in [1.807, 2.05) is 6.07 Å². The minimum absolute atomic E-state index is 0.301. The molecule has 0 aliphatic carbocycles. The maximum absolute atomic E-state index is 10.0. The molecular weight excluding hydrogens is 248 g/mol. The summed E-state index contributed by atoms with van der Waals surface area (Å²) in [5.41, 5.74) is 1.28. The summed E-state index contributed by atoms with van der Waals surface area (Å²) in [6.07, 6.45) is 1.53. The van der Waals surface area contributed by atoms with E-state index in [4.69, 9.17) is 16.9 Å². The fourth-order valence-corrected chi connectivity index (χ4v) is 2.19. The van der Waals surface area contributed by atoms with Gasteiger partial charge in [-0.15, -0.1) is 0 Å². The summed E-state index contributed by atoms with van der Waals surface area (Å²) in [6, 6.07) is 7.12. The highest BCUT2D eigenvalue weighted by molar-refractivity contribution is 6.33. The first kappa shape index (κ1) is 14.8. The van der Waals surface area contributed by atoms with E-state index in [9.17, 15) is 5.11 Å². The van der Waals surface area contributed by atoms with Gasteiger partial charge in [-0.25, -0.2) is 0 Å². The Balaban J connectivity index is 2.61. The van der Waals surface area contributed by atoms with Gasteiger partial charge in [0, 0.05) is 6.54 Å². The molecule has 1 atom stereocenters. The molecule has 0 aliphatic heterocycles. The van der Waals surface area contributed by atoms with Gasteiger partial charge in [-0.2, -0.15) is 5.26 Å². The van der Waals surface area contributed by atoms with Crippen LogP contribution in [-0.4, -0.2) is 17.8 Å². The number of nitrogens with one attached hydrogen (secondary N) is 1. The number of anilines is 1. The standard InChI is InChI=1S/C14H19ClN2O/c1-3-11(4-2)14(18)9-17-13-6-5-10(8-16)7-12(13)15/h5-7,11,14,17-18H,3-4,9H2,1-2H3. The molecule has 3 nitrogen and oxygen atoms in total. The molecule has 1 rings (SSSR count). The van der Waals surface area contributed by atoms with Gasteiger partial charge in [0.25, 0.3) is 0 Å². The van der Waals surface area contributed by atoms with Gasteiger partial charge < -0.3 is 10.4 Å². The van der Waals surface area contributed by atoms with E-state index in [0.717, 1.165) is 18.5 Å². The van der Waals surface area contributed by atoms with Gasteiger partial charge in [0.05, 0.1) is 28.4 Å². The third-order valence-corrected chi connectivity index (χ3v) is 3.51. The lowest BCUT2D eigenvalue weighted by Crippen LogP contribution is -2.27. The Labute approximate surface area is 113 Å². The Morgan fingerprint density at radius 1 is 1.39 bits per heavy atom. The van der Waals surface area contributed by atoms with Crippen molar-refractivity contribution >= 4 is 17.3 Å². The zero-order chi connectivity index (χ0) is 13.5. The Bertz CT molecular complexity index is 424. The topological polar surface area (TPSA) is 56.0 Å². The largest absolute Gasteiger partial charge is 0.391 e. The van der Waals surface area contributed by atoms with Crippen molar-refractivity contribution < 1.29 is 5.11 Å². The molecule has 0 spiro atoms. The van der Waals surface area contributed by atoms with E-state index in [1.165, 1.54) is 0 Å². The van der Waals surface area contributed by atoms with Crippen molar-refractivity contribution in [3.8, 4) is 6.07 Å². The summed E-state index contributed by atoms with van der Waals surface area (Å²) in [7, 11) is 0. The summed E-state index contributed by atoms with van der Waals surface area (Å²) in [5, 5.41) is 22.4. The second kappa shape index (κ2) is 7.25. The molecule has 1 aromatic rings. The predicted octanol–water partition coefficient (Wildman–Crippen LogP) is 3.42. The van der Waals surface area contributed by atoms with Crippen LogP contribution in [0.2, 0.25) is 5.02 Å². The third-order valence-electron chi connectivity index (χ3n) is 3.19. The Morgan fingerprint density at radius 2 is 2.06 bits per heavy atom. The average molecular weight is 267 g/mol. The Morgan fingerprint density at radius 3 is 2.56 bits per heavy atom. The van der Waals surface area contributed by atoms with E-state index in [0.29, 0.717) is 23.0 Å². The van der Waals surface area contributed by atoms with Crippen LogP contribution in [0.15, 0.2) is 18.2 Å². The van der Waals surface area contributed by atoms with Crippen LogP contribution in [0.4, 0.5) is 5.69 Å². The van der Waals surface area contributed by atoms with Crippen LogP contribution in [0.25, 0.3) is 0 Å². The van der Waals surface area contributed by atoms with Crippen LogP contribution in [-0.2, 0) is 0 Å². The molecule has 0 radical (unpaired) electrons. The first-order valence-electron chi connectivity index (χ1n) is 6.23. The number of benzene rings is 1. The number of nitriles is 1. The molecular formula is C14H19ClN2O. The molecule has 0 saturated carbocycles. The van der Waals surface area contributed by atoms with E-state index >= 15 is 0 Å². The minimum atomic E-state index is -0.383. The number of aliphatic hydroxyl groups is 1. The third kappa shape index (κ3) is 3.90. The Hall–Kier alpha value is -1.24. The highest BCUT2D eigenvalue weighted by Gasteiger charge is 2.15. The van der Waals surface area contributed by atoms with Crippen molar-refractivity contribution in [1.29, 1.82) is 5.26 Å². The number of hydrogen-bond acceptors (Lipinski definition) is 3. The summed E-state index contributed by atoms with van der Waals surface area (Å²) in [6.45, 7) is 4.62. The van der Waals surface area contributed by atoms with Gasteiger partial charge in [0.15, 0.2) is 0 Å². The lowest BCUT2D eigenvalue weighted by molar-refractivity contribution is 0.114. The summed E-state index contributed by atoms with van der Waals surface area (Å²) in [5.74, 6) is 0.301.